The molecule has 1 heterocycles. The maximum absolute atomic E-state index is 12.1. The summed E-state index contributed by atoms with van der Waals surface area (Å²) in [4.78, 5) is 47.0. The van der Waals surface area contributed by atoms with Crippen LogP contribution in [0.2, 0.25) is 5.02 Å². The minimum atomic E-state index is -0.983. The van der Waals surface area contributed by atoms with E-state index in [0.717, 1.165) is 0 Å². The Morgan fingerprint density at radius 1 is 0.913 bits per heavy atom. The number of Topliss-reactive ketones (excluding diaryl/α,β-unsaturated/α-hetero) is 1. The second-order valence-corrected chi connectivity index (χ2v) is 5.27. The van der Waals surface area contributed by atoms with Crippen molar-refractivity contribution in [1.29, 1.82) is 0 Å². The standard InChI is InChI=1S/C16H9ClN2O4/c17-9-3-1-8(2-4-9)14(21)18-10-5-6-11-12(7-10)13(20)16(23)19-15(11)22/h1-7H,(H,18,21)(H,19,22,23). The minimum Gasteiger partial charge on any atom is -0.322 e. The fourth-order valence-corrected chi connectivity index (χ4v) is 2.29. The number of rotatable bonds is 2. The first-order valence-corrected chi connectivity index (χ1v) is 6.94. The molecule has 0 saturated heterocycles. The van der Waals surface area contributed by atoms with Crippen molar-refractivity contribution in [2.45, 2.75) is 0 Å². The molecule has 2 aromatic rings. The van der Waals surface area contributed by atoms with Gasteiger partial charge < -0.3 is 5.32 Å². The van der Waals surface area contributed by atoms with Gasteiger partial charge in [-0.25, -0.2) is 0 Å². The molecule has 114 valence electrons. The van der Waals surface area contributed by atoms with E-state index in [4.69, 9.17) is 11.6 Å². The Hall–Kier alpha value is -2.99. The Morgan fingerprint density at radius 3 is 2.30 bits per heavy atom. The number of carbonyl (C=O) groups is 4. The number of imide groups is 1. The predicted molar refractivity (Wildman–Crippen MR) is 82.7 cm³/mol. The van der Waals surface area contributed by atoms with E-state index in [9.17, 15) is 19.2 Å². The number of nitrogens with one attached hydrogen (secondary N) is 2. The van der Waals surface area contributed by atoms with Crippen molar-refractivity contribution < 1.29 is 19.2 Å². The lowest BCUT2D eigenvalue weighted by atomic mass is 9.98. The highest BCUT2D eigenvalue weighted by Crippen LogP contribution is 2.20. The molecule has 0 saturated carbocycles. The van der Waals surface area contributed by atoms with Crippen LogP contribution in [0.5, 0.6) is 0 Å². The highest BCUT2D eigenvalue weighted by Gasteiger charge is 2.30. The van der Waals surface area contributed by atoms with Crippen molar-refractivity contribution in [2.75, 3.05) is 5.32 Å². The number of hydrogen-bond donors (Lipinski definition) is 2. The lowest BCUT2D eigenvalue weighted by Crippen LogP contribution is -2.42. The zero-order chi connectivity index (χ0) is 16.6. The topological polar surface area (TPSA) is 92.3 Å². The maximum atomic E-state index is 12.1. The maximum Gasteiger partial charge on any atom is 0.299 e. The molecule has 3 amide bonds. The molecular weight excluding hydrogens is 320 g/mol. The third-order valence-corrected chi connectivity index (χ3v) is 3.56. The van der Waals surface area contributed by atoms with Crippen LogP contribution in [0, 0.1) is 0 Å². The summed E-state index contributed by atoms with van der Waals surface area (Å²) >= 11 is 5.76. The van der Waals surface area contributed by atoms with E-state index in [0.29, 0.717) is 16.3 Å². The number of carbonyl (C=O) groups excluding carboxylic acids is 4. The van der Waals surface area contributed by atoms with Gasteiger partial charge in [0.2, 0.25) is 0 Å². The van der Waals surface area contributed by atoms with Gasteiger partial charge in [0.25, 0.3) is 23.5 Å². The molecule has 0 aliphatic carbocycles. The summed E-state index contributed by atoms with van der Waals surface area (Å²) in [5, 5.41) is 5.06. The summed E-state index contributed by atoms with van der Waals surface area (Å²) in [7, 11) is 0. The van der Waals surface area contributed by atoms with Crippen LogP contribution in [0.1, 0.15) is 31.1 Å². The van der Waals surface area contributed by atoms with Crippen molar-refractivity contribution in [3.05, 3.63) is 64.2 Å². The average Bonchev–Trinajstić information content (AvgIpc) is 2.53. The molecule has 1 aliphatic rings. The van der Waals surface area contributed by atoms with Crippen LogP contribution in [-0.2, 0) is 4.79 Å². The molecule has 0 spiro atoms. The molecule has 0 aromatic heterocycles. The van der Waals surface area contributed by atoms with Crippen LogP contribution in [-0.4, -0.2) is 23.5 Å². The molecule has 0 atom stereocenters. The van der Waals surface area contributed by atoms with Crippen molar-refractivity contribution in [2.24, 2.45) is 0 Å². The molecule has 0 bridgehead atoms. The largest absolute Gasteiger partial charge is 0.322 e. The predicted octanol–water partition coefficient (Wildman–Crippen LogP) is 2.04. The van der Waals surface area contributed by atoms with Gasteiger partial charge in [0, 0.05) is 21.8 Å². The highest BCUT2D eigenvalue weighted by molar-refractivity contribution is 6.49. The number of fused-ring (bicyclic) bond motifs is 1. The number of hydrogen-bond acceptors (Lipinski definition) is 4. The van der Waals surface area contributed by atoms with E-state index in [2.05, 4.69) is 5.32 Å². The van der Waals surface area contributed by atoms with E-state index in [1.165, 1.54) is 18.2 Å². The molecule has 7 heteroatoms. The Balaban J connectivity index is 1.89. The summed E-state index contributed by atoms with van der Waals surface area (Å²) < 4.78 is 0. The highest BCUT2D eigenvalue weighted by atomic mass is 35.5. The summed E-state index contributed by atoms with van der Waals surface area (Å²) in [6.45, 7) is 0. The van der Waals surface area contributed by atoms with E-state index in [-0.39, 0.29) is 11.1 Å². The van der Waals surface area contributed by atoms with Crippen LogP contribution < -0.4 is 10.6 Å². The first kappa shape index (κ1) is 14.9. The third kappa shape index (κ3) is 2.84. The Bertz CT molecular complexity index is 859. The summed E-state index contributed by atoms with van der Waals surface area (Å²) in [5.41, 5.74) is 0.749. The normalized spacial score (nSPS) is 13.3. The second kappa shape index (κ2) is 5.66. The quantitative estimate of drug-likeness (QED) is 0.652. The van der Waals surface area contributed by atoms with Crippen LogP contribution >= 0.6 is 11.6 Å². The van der Waals surface area contributed by atoms with Gasteiger partial charge in [-0.15, -0.1) is 0 Å². The fraction of sp³-hybridized carbons (Fsp3) is 0. The third-order valence-electron chi connectivity index (χ3n) is 3.31. The van der Waals surface area contributed by atoms with Gasteiger partial charge in [0.05, 0.1) is 5.56 Å². The zero-order valence-corrected chi connectivity index (χ0v) is 12.3. The molecule has 3 rings (SSSR count). The molecule has 23 heavy (non-hydrogen) atoms. The van der Waals surface area contributed by atoms with Crippen LogP contribution in [0.15, 0.2) is 42.5 Å². The molecule has 0 fully saturated rings. The van der Waals surface area contributed by atoms with E-state index in [1.807, 2.05) is 5.32 Å². The Kier molecular flexibility index (Phi) is 3.67. The van der Waals surface area contributed by atoms with Gasteiger partial charge in [-0.3, -0.25) is 24.5 Å². The minimum absolute atomic E-state index is 0.0346. The second-order valence-electron chi connectivity index (χ2n) is 4.83. The number of amides is 3. The smallest absolute Gasteiger partial charge is 0.299 e. The van der Waals surface area contributed by atoms with Crippen molar-refractivity contribution >= 4 is 40.8 Å². The van der Waals surface area contributed by atoms with Gasteiger partial charge in [0.1, 0.15) is 0 Å². The number of benzene rings is 2. The lowest BCUT2D eigenvalue weighted by molar-refractivity contribution is -0.116. The van der Waals surface area contributed by atoms with Gasteiger partial charge in [-0.1, -0.05) is 11.6 Å². The SMILES string of the molecule is O=C1NC(=O)c2ccc(NC(=O)c3ccc(Cl)cc3)cc2C1=O. The molecule has 6 nitrogen and oxygen atoms in total. The van der Waals surface area contributed by atoms with Crippen molar-refractivity contribution in [3.8, 4) is 0 Å². The summed E-state index contributed by atoms with van der Waals surface area (Å²) in [5.74, 6) is -2.84. The number of ketones is 1. The molecule has 0 radical (unpaired) electrons. The average molecular weight is 329 g/mol. The van der Waals surface area contributed by atoms with Crippen molar-refractivity contribution in [3.63, 3.8) is 0 Å². The zero-order valence-electron chi connectivity index (χ0n) is 11.6. The lowest BCUT2D eigenvalue weighted by Gasteiger charge is -2.15. The molecular formula is C16H9ClN2O4. The Morgan fingerprint density at radius 2 is 1.61 bits per heavy atom. The molecule has 1 aliphatic heterocycles. The number of anilines is 1. The van der Waals surface area contributed by atoms with Crippen molar-refractivity contribution in [1.82, 2.24) is 5.32 Å². The van der Waals surface area contributed by atoms with Gasteiger partial charge in [0.15, 0.2) is 0 Å². The van der Waals surface area contributed by atoms with Crippen LogP contribution in [0.25, 0.3) is 0 Å². The van der Waals surface area contributed by atoms with E-state index < -0.39 is 23.5 Å². The molecule has 2 aromatic carbocycles. The van der Waals surface area contributed by atoms with E-state index in [1.54, 1.807) is 24.3 Å². The molecule has 2 N–H and O–H groups in total. The first-order valence-electron chi connectivity index (χ1n) is 6.56. The monoisotopic (exact) mass is 328 g/mol. The van der Waals surface area contributed by atoms with Crippen LogP contribution in [0.3, 0.4) is 0 Å². The van der Waals surface area contributed by atoms with E-state index >= 15 is 0 Å². The number of halogens is 1. The van der Waals surface area contributed by atoms with Gasteiger partial charge >= 0.3 is 0 Å². The Labute approximate surface area is 135 Å². The first-order chi connectivity index (χ1) is 11.0. The van der Waals surface area contributed by atoms with Crippen LogP contribution in [0.4, 0.5) is 5.69 Å². The fourth-order valence-electron chi connectivity index (χ4n) is 2.16. The van der Waals surface area contributed by atoms with Gasteiger partial charge in [-0.05, 0) is 42.5 Å². The summed E-state index contributed by atoms with van der Waals surface area (Å²) in [6, 6.07) is 10.4. The summed E-state index contributed by atoms with van der Waals surface area (Å²) in [6.07, 6.45) is 0. The molecule has 0 unspecified atom stereocenters. The van der Waals surface area contributed by atoms with Gasteiger partial charge in [-0.2, -0.15) is 0 Å².